The van der Waals surface area contributed by atoms with Crippen molar-refractivity contribution in [3.05, 3.63) is 48.0 Å². The Kier molecular flexibility index (Phi) is 4.42. The Morgan fingerprint density at radius 1 is 1.22 bits per heavy atom. The molecule has 2 aromatic carbocycles. The molecule has 118 valence electrons. The van der Waals surface area contributed by atoms with Gasteiger partial charge in [0.1, 0.15) is 5.52 Å². The van der Waals surface area contributed by atoms with E-state index < -0.39 is 0 Å². The number of unbranched alkanes of at least 4 members (excludes halogenated alkanes) is 1. The van der Waals surface area contributed by atoms with Crippen molar-refractivity contribution in [3.63, 3.8) is 0 Å². The maximum atomic E-state index is 11.8. The van der Waals surface area contributed by atoms with E-state index >= 15 is 0 Å². The number of benzene rings is 2. The Morgan fingerprint density at radius 3 is 2.91 bits per heavy atom. The molecular weight excluding hydrogens is 288 g/mol. The Bertz CT molecular complexity index is 836. The molecule has 3 aromatic rings. The van der Waals surface area contributed by atoms with E-state index in [0.29, 0.717) is 12.3 Å². The molecule has 0 aliphatic carbocycles. The van der Waals surface area contributed by atoms with E-state index in [0.717, 1.165) is 40.8 Å². The van der Waals surface area contributed by atoms with Crippen molar-refractivity contribution >= 4 is 22.7 Å². The highest BCUT2D eigenvalue weighted by Gasteiger charge is 2.09. The fourth-order valence-corrected chi connectivity index (χ4v) is 2.45. The molecule has 0 aliphatic rings. The van der Waals surface area contributed by atoms with Crippen molar-refractivity contribution in [1.29, 1.82) is 0 Å². The number of oxazole rings is 1. The van der Waals surface area contributed by atoms with E-state index in [4.69, 9.17) is 4.42 Å². The number of anilines is 1. The van der Waals surface area contributed by atoms with E-state index in [1.807, 2.05) is 49.4 Å². The van der Waals surface area contributed by atoms with Gasteiger partial charge in [-0.2, -0.15) is 0 Å². The van der Waals surface area contributed by atoms with Gasteiger partial charge in [0.2, 0.25) is 11.8 Å². The highest BCUT2D eigenvalue weighted by atomic mass is 16.3. The van der Waals surface area contributed by atoms with Gasteiger partial charge in [0.15, 0.2) is 5.58 Å². The lowest BCUT2D eigenvalue weighted by Gasteiger charge is -2.05. The summed E-state index contributed by atoms with van der Waals surface area (Å²) in [6.45, 7) is 4.09. The molecule has 4 heteroatoms. The minimum atomic E-state index is 0.0391. The first-order valence-corrected chi connectivity index (χ1v) is 7.93. The predicted molar refractivity (Wildman–Crippen MR) is 92.3 cm³/mol. The van der Waals surface area contributed by atoms with Crippen molar-refractivity contribution in [2.45, 2.75) is 33.1 Å². The van der Waals surface area contributed by atoms with Gasteiger partial charge in [0.05, 0.1) is 0 Å². The summed E-state index contributed by atoms with van der Waals surface area (Å²) in [5, 5.41) is 2.92. The standard InChI is InChI=1S/C19H20N2O2/c1-3-4-8-18(22)20-15-7-5-6-14(12-15)19-21-16-10-9-13(2)11-17(16)23-19/h5-7,9-12H,3-4,8H2,1-2H3,(H,20,22). The lowest BCUT2D eigenvalue weighted by molar-refractivity contribution is -0.116. The summed E-state index contributed by atoms with van der Waals surface area (Å²) in [7, 11) is 0. The molecule has 0 aliphatic heterocycles. The summed E-state index contributed by atoms with van der Waals surface area (Å²) >= 11 is 0. The molecule has 1 N–H and O–H groups in total. The van der Waals surface area contributed by atoms with E-state index in [-0.39, 0.29) is 5.91 Å². The second kappa shape index (κ2) is 6.65. The van der Waals surface area contributed by atoms with Gasteiger partial charge in [-0.1, -0.05) is 25.5 Å². The molecule has 0 saturated carbocycles. The minimum absolute atomic E-state index is 0.0391. The smallest absolute Gasteiger partial charge is 0.227 e. The second-order valence-electron chi connectivity index (χ2n) is 5.72. The van der Waals surface area contributed by atoms with Gasteiger partial charge >= 0.3 is 0 Å². The molecule has 0 spiro atoms. The van der Waals surface area contributed by atoms with Crippen LogP contribution in [0.2, 0.25) is 0 Å². The monoisotopic (exact) mass is 308 g/mol. The summed E-state index contributed by atoms with van der Waals surface area (Å²) in [5.41, 5.74) is 4.37. The van der Waals surface area contributed by atoms with Gasteiger partial charge in [-0.25, -0.2) is 4.98 Å². The average Bonchev–Trinajstić information content (AvgIpc) is 2.96. The first kappa shape index (κ1) is 15.3. The van der Waals surface area contributed by atoms with Crippen LogP contribution in [0.15, 0.2) is 46.9 Å². The van der Waals surface area contributed by atoms with Crippen molar-refractivity contribution in [2.75, 3.05) is 5.32 Å². The van der Waals surface area contributed by atoms with Gasteiger partial charge in [-0.05, 0) is 49.2 Å². The van der Waals surface area contributed by atoms with Crippen molar-refractivity contribution in [2.24, 2.45) is 0 Å². The summed E-state index contributed by atoms with van der Waals surface area (Å²) in [6, 6.07) is 13.5. The molecule has 0 saturated heterocycles. The van der Waals surface area contributed by atoms with E-state index in [1.54, 1.807) is 0 Å². The Balaban J connectivity index is 1.84. The number of aromatic nitrogens is 1. The van der Waals surface area contributed by atoms with Crippen LogP contribution in [0, 0.1) is 6.92 Å². The molecule has 0 unspecified atom stereocenters. The Hall–Kier alpha value is -2.62. The first-order chi connectivity index (χ1) is 11.2. The quantitative estimate of drug-likeness (QED) is 0.727. The van der Waals surface area contributed by atoms with Crippen LogP contribution in [0.3, 0.4) is 0 Å². The predicted octanol–water partition coefficient (Wildman–Crippen LogP) is 4.93. The molecule has 0 bridgehead atoms. The fraction of sp³-hybridized carbons (Fsp3) is 0.263. The zero-order valence-electron chi connectivity index (χ0n) is 13.4. The number of aryl methyl sites for hydroxylation is 1. The molecular formula is C19H20N2O2. The van der Waals surface area contributed by atoms with Gasteiger partial charge in [-0.3, -0.25) is 4.79 Å². The molecule has 0 radical (unpaired) electrons. The normalized spacial score (nSPS) is 10.9. The zero-order chi connectivity index (χ0) is 16.2. The third-order valence-corrected chi connectivity index (χ3v) is 3.69. The highest BCUT2D eigenvalue weighted by Crippen LogP contribution is 2.26. The average molecular weight is 308 g/mol. The minimum Gasteiger partial charge on any atom is -0.436 e. The molecule has 0 atom stereocenters. The topological polar surface area (TPSA) is 55.1 Å². The molecule has 23 heavy (non-hydrogen) atoms. The second-order valence-corrected chi connectivity index (χ2v) is 5.72. The lowest BCUT2D eigenvalue weighted by atomic mass is 10.2. The Morgan fingerprint density at radius 2 is 2.09 bits per heavy atom. The number of nitrogens with zero attached hydrogens (tertiary/aromatic N) is 1. The summed E-state index contributed by atoms with van der Waals surface area (Å²) in [5.74, 6) is 0.604. The van der Waals surface area contributed by atoms with Crippen LogP contribution in [0.4, 0.5) is 5.69 Å². The van der Waals surface area contributed by atoms with Crippen LogP contribution in [-0.4, -0.2) is 10.9 Å². The van der Waals surface area contributed by atoms with Crippen molar-refractivity contribution < 1.29 is 9.21 Å². The summed E-state index contributed by atoms with van der Waals surface area (Å²) in [4.78, 5) is 16.4. The summed E-state index contributed by atoms with van der Waals surface area (Å²) < 4.78 is 5.84. The third kappa shape index (κ3) is 3.59. The summed E-state index contributed by atoms with van der Waals surface area (Å²) in [6.07, 6.45) is 2.45. The van der Waals surface area contributed by atoms with E-state index in [9.17, 15) is 4.79 Å². The van der Waals surface area contributed by atoms with Gasteiger partial charge in [0.25, 0.3) is 0 Å². The number of rotatable bonds is 5. The van der Waals surface area contributed by atoms with E-state index in [1.165, 1.54) is 0 Å². The van der Waals surface area contributed by atoms with Gasteiger partial charge in [0, 0.05) is 17.7 Å². The van der Waals surface area contributed by atoms with Crippen LogP contribution in [-0.2, 0) is 4.79 Å². The fourth-order valence-electron chi connectivity index (χ4n) is 2.45. The maximum absolute atomic E-state index is 11.8. The number of carbonyl (C=O) groups excluding carboxylic acids is 1. The van der Waals surface area contributed by atoms with Crippen LogP contribution in [0.5, 0.6) is 0 Å². The third-order valence-electron chi connectivity index (χ3n) is 3.69. The van der Waals surface area contributed by atoms with Crippen LogP contribution in [0.25, 0.3) is 22.6 Å². The Labute approximate surface area is 135 Å². The largest absolute Gasteiger partial charge is 0.436 e. The molecule has 3 rings (SSSR count). The van der Waals surface area contributed by atoms with Crippen LogP contribution < -0.4 is 5.32 Å². The number of carbonyl (C=O) groups is 1. The highest BCUT2D eigenvalue weighted by molar-refractivity contribution is 5.91. The van der Waals surface area contributed by atoms with Gasteiger partial charge < -0.3 is 9.73 Å². The lowest BCUT2D eigenvalue weighted by Crippen LogP contribution is -2.10. The van der Waals surface area contributed by atoms with E-state index in [2.05, 4.69) is 17.2 Å². The zero-order valence-corrected chi connectivity index (χ0v) is 13.4. The number of hydrogen-bond acceptors (Lipinski definition) is 3. The molecule has 0 fully saturated rings. The number of fused-ring (bicyclic) bond motifs is 1. The number of amides is 1. The maximum Gasteiger partial charge on any atom is 0.227 e. The molecule has 1 amide bonds. The first-order valence-electron chi connectivity index (χ1n) is 7.93. The van der Waals surface area contributed by atoms with Crippen molar-refractivity contribution in [1.82, 2.24) is 4.98 Å². The molecule has 1 aromatic heterocycles. The number of nitrogens with one attached hydrogen (secondary N) is 1. The number of hydrogen-bond donors (Lipinski definition) is 1. The molecule has 1 heterocycles. The molecule has 4 nitrogen and oxygen atoms in total. The van der Waals surface area contributed by atoms with Crippen molar-refractivity contribution in [3.8, 4) is 11.5 Å². The van der Waals surface area contributed by atoms with Gasteiger partial charge in [-0.15, -0.1) is 0 Å². The van der Waals surface area contributed by atoms with Crippen LogP contribution in [0.1, 0.15) is 31.7 Å². The van der Waals surface area contributed by atoms with Crippen LogP contribution >= 0.6 is 0 Å². The SMILES string of the molecule is CCCCC(=O)Nc1cccc(-c2nc3ccc(C)cc3o2)c1.